The summed E-state index contributed by atoms with van der Waals surface area (Å²) in [4.78, 5) is 18.6. The van der Waals surface area contributed by atoms with Gasteiger partial charge in [-0.1, -0.05) is 18.6 Å². The molecule has 1 aliphatic carbocycles. The van der Waals surface area contributed by atoms with E-state index in [0.29, 0.717) is 31.5 Å². The first-order chi connectivity index (χ1) is 11.8. The van der Waals surface area contributed by atoms with E-state index in [4.69, 9.17) is 4.74 Å². The summed E-state index contributed by atoms with van der Waals surface area (Å²) in [5.74, 6) is 1.34. The lowest BCUT2D eigenvalue weighted by Crippen LogP contribution is -2.45. The molecule has 2 aromatic rings. The van der Waals surface area contributed by atoms with Gasteiger partial charge in [0.15, 0.2) is 0 Å². The Morgan fingerprint density at radius 1 is 1.29 bits per heavy atom. The molecule has 1 aromatic heterocycles. The van der Waals surface area contributed by atoms with E-state index in [1.165, 1.54) is 31.2 Å². The van der Waals surface area contributed by atoms with Crippen molar-refractivity contribution in [2.45, 2.75) is 31.2 Å². The van der Waals surface area contributed by atoms with Crippen LogP contribution in [0.4, 0.5) is 10.5 Å². The normalized spacial score (nSPS) is 21.3. The highest BCUT2D eigenvalue weighted by molar-refractivity contribution is 5.89. The van der Waals surface area contributed by atoms with E-state index >= 15 is 0 Å². The van der Waals surface area contributed by atoms with Gasteiger partial charge < -0.3 is 15.0 Å². The largest absolute Gasteiger partial charge is 0.377 e. The molecular formula is C17H21N5O2. The molecular weight excluding hydrogens is 306 g/mol. The number of hydrogen-bond acceptors (Lipinski definition) is 4. The highest BCUT2D eigenvalue weighted by Gasteiger charge is 2.30. The number of urea groups is 1. The van der Waals surface area contributed by atoms with Gasteiger partial charge in [-0.25, -0.2) is 9.78 Å². The van der Waals surface area contributed by atoms with Gasteiger partial charge >= 0.3 is 6.03 Å². The molecule has 2 fully saturated rings. The number of ether oxygens (including phenoxy) is 1. The lowest BCUT2D eigenvalue weighted by molar-refractivity contribution is 0.0118. The van der Waals surface area contributed by atoms with Gasteiger partial charge in [-0.15, -0.1) is 0 Å². The minimum atomic E-state index is -0.240. The second-order valence-corrected chi connectivity index (χ2v) is 6.33. The molecule has 7 heteroatoms. The Kier molecular flexibility index (Phi) is 4.17. The number of rotatable bonds is 3. The number of H-pyrrole nitrogens is 1. The van der Waals surface area contributed by atoms with Crippen molar-refractivity contribution < 1.29 is 9.53 Å². The van der Waals surface area contributed by atoms with Crippen LogP contribution >= 0.6 is 0 Å². The van der Waals surface area contributed by atoms with E-state index in [-0.39, 0.29) is 12.1 Å². The van der Waals surface area contributed by atoms with Gasteiger partial charge in [0.05, 0.1) is 13.2 Å². The molecule has 1 atom stereocenters. The molecule has 0 radical (unpaired) electrons. The van der Waals surface area contributed by atoms with Gasteiger partial charge in [-0.3, -0.25) is 5.10 Å². The highest BCUT2D eigenvalue weighted by atomic mass is 16.5. The summed E-state index contributed by atoms with van der Waals surface area (Å²) in [6, 6.07) is 7.82. The number of anilines is 1. The fourth-order valence-corrected chi connectivity index (χ4v) is 3.22. The van der Waals surface area contributed by atoms with Crippen LogP contribution in [0.25, 0.3) is 0 Å². The SMILES string of the molecule is O=C(Nc1ccc(C2CCC2)cc1)N1CCOC[C@H]1c1ncn[nH]1. The number of hydrogen-bond donors (Lipinski definition) is 2. The van der Waals surface area contributed by atoms with Crippen molar-refractivity contribution in [3.8, 4) is 0 Å². The van der Waals surface area contributed by atoms with Crippen LogP contribution in [0, 0.1) is 0 Å². The Morgan fingerprint density at radius 3 is 2.79 bits per heavy atom. The average Bonchev–Trinajstić information content (AvgIpc) is 3.09. The minimum Gasteiger partial charge on any atom is -0.377 e. The summed E-state index contributed by atoms with van der Waals surface area (Å²) < 4.78 is 5.49. The molecule has 2 amide bonds. The summed E-state index contributed by atoms with van der Waals surface area (Å²) >= 11 is 0. The number of morpholine rings is 1. The molecule has 1 aromatic carbocycles. The van der Waals surface area contributed by atoms with Crippen molar-refractivity contribution in [2.24, 2.45) is 0 Å². The monoisotopic (exact) mass is 327 g/mol. The third kappa shape index (κ3) is 2.99. The first-order valence-electron chi connectivity index (χ1n) is 8.42. The standard InChI is InChI=1S/C17H21N5O2/c23-17(20-14-6-4-13(5-7-14)12-2-1-3-12)22-8-9-24-10-15(22)16-18-11-19-21-16/h4-7,11-12,15H,1-3,8-10H2,(H,20,23)(H,18,19,21)/t15-/m0/s1. The first kappa shape index (κ1) is 15.1. The molecule has 0 unspecified atom stereocenters. The van der Waals surface area contributed by atoms with Crippen molar-refractivity contribution >= 4 is 11.7 Å². The molecule has 1 aliphatic heterocycles. The van der Waals surface area contributed by atoms with E-state index in [0.717, 1.165) is 5.69 Å². The van der Waals surface area contributed by atoms with Crippen LogP contribution in [-0.4, -0.2) is 45.9 Å². The molecule has 126 valence electrons. The highest BCUT2D eigenvalue weighted by Crippen LogP contribution is 2.36. The molecule has 1 saturated carbocycles. The van der Waals surface area contributed by atoms with Crippen LogP contribution in [0.5, 0.6) is 0 Å². The van der Waals surface area contributed by atoms with E-state index in [9.17, 15) is 4.79 Å². The van der Waals surface area contributed by atoms with E-state index in [1.807, 2.05) is 12.1 Å². The van der Waals surface area contributed by atoms with Crippen LogP contribution in [0.15, 0.2) is 30.6 Å². The third-order valence-corrected chi connectivity index (χ3v) is 4.88. The van der Waals surface area contributed by atoms with Crippen LogP contribution in [0.3, 0.4) is 0 Å². The maximum absolute atomic E-state index is 12.7. The third-order valence-electron chi connectivity index (χ3n) is 4.88. The Hall–Kier alpha value is -2.41. The summed E-state index contributed by atoms with van der Waals surface area (Å²) in [5.41, 5.74) is 2.18. The Morgan fingerprint density at radius 2 is 2.12 bits per heavy atom. The predicted octanol–water partition coefficient (Wildman–Crippen LogP) is 2.68. The fourth-order valence-electron chi connectivity index (χ4n) is 3.22. The van der Waals surface area contributed by atoms with Crippen LogP contribution in [0.1, 0.15) is 42.6 Å². The molecule has 0 bridgehead atoms. The zero-order chi connectivity index (χ0) is 16.4. The van der Waals surface area contributed by atoms with Crippen molar-refractivity contribution in [3.63, 3.8) is 0 Å². The maximum atomic E-state index is 12.7. The van der Waals surface area contributed by atoms with Crippen LogP contribution < -0.4 is 5.32 Å². The van der Waals surface area contributed by atoms with E-state index in [2.05, 4.69) is 32.6 Å². The van der Waals surface area contributed by atoms with Gasteiger partial charge in [-0.05, 0) is 36.5 Å². The topological polar surface area (TPSA) is 83.1 Å². The summed E-state index contributed by atoms with van der Waals surface area (Å²) in [6.07, 6.45) is 5.32. The smallest absolute Gasteiger partial charge is 0.322 e. The molecule has 2 N–H and O–H groups in total. The number of nitrogens with zero attached hydrogens (tertiary/aromatic N) is 3. The molecule has 7 nitrogen and oxygen atoms in total. The number of aromatic nitrogens is 3. The lowest BCUT2D eigenvalue weighted by atomic mass is 9.80. The van der Waals surface area contributed by atoms with Gasteiger partial charge in [0.1, 0.15) is 18.2 Å². The zero-order valence-corrected chi connectivity index (χ0v) is 13.4. The second kappa shape index (κ2) is 6.60. The van der Waals surface area contributed by atoms with Crippen LogP contribution in [0.2, 0.25) is 0 Å². The first-order valence-corrected chi connectivity index (χ1v) is 8.42. The number of benzene rings is 1. The van der Waals surface area contributed by atoms with Crippen molar-refractivity contribution in [1.82, 2.24) is 20.1 Å². The molecule has 2 heterocycles. The van der Waals surface area contributed by atoms with Crippen molar-refractivity contribution in [2.75, 3.05) is 25.1 Å². The number of carbonyl (C=O) groups is 1. The van der Waals surface area contributed by atoms with Crippen molar-refractivity contribution in [3.05, 3.63) is 42.0 Å². The van der Waals surface area contributed by atoms with Gasteiger partial charge in [0.2, 0.25) is 0 Å². The molecule has 4 rings (SSSR count). The molecule has 1 saturated heterocycles. The molecule has 0 spiro atoms. The van der Waals surface area contributed by atoms with E-state index in [1.54, 1.807) is 4.90 Å². The molecule has 2 aliphatic rings. The van der Waals surface area contributed by atoms with Gasteiger partial charge in [0.25, 0.3) is 0 Å². The summed E-state index contributed by atoms with van der Waals surface area (Å²) in [7, 11) is 0. The fraction of sp³-hybridized carbons (Fsp3) is 0.471. The Bertz CT molecular complexity index is 682. The van der Waals surface area contributed by atoms with Crippen LogP contribution in [-0.2, 0) is 4.74 Å². The van der Waals surface area contributed by atoms with Crippen molar-refractivity contribution in [1.29, 1.82) is 0 Å². The van der Waals surface area contributed by atoms with Gasteiger partial charge in [0, 0.05) is 12.2 Å². The lowest BCUT2D eigenvalue weighted by Gasteiger charge is -2.34. The number of nitrogens with one attached hydrogen (secondary N) is 2. The second-order valence-electron chi connectivity index (χ2n) is 6.33. The summed E-state index contributed by atoms with van der Waals surface area (Å²) in [5, 5.41) is 9.67. The average molecular weight is 327 g/mol. The van der Waals surface area contributed by atoms with E-state index < -0.39 is 0 Å². The number of carbonyl (C=O) groups excluding carboxylic acids is 1. The minimum absolute atomic E-state index is 0.143. The number of amides is 2. The predicted molar refractivity (Wildman–Crippen MR) is 88.7 cm³/mol. The number of aromatic amines is 1. The summed E-state index contributed by atoms with van der Waals surface area (Å²) in [6.45, 7) is 1.47. The quantitative estimate of drug-likeness (QED) is 0.908. The van der Waals surface area contributed by atoms with Gasteiger partial charge in [-0.2, -0.15) is 5.10 Å². The maximum Gasteiger partial charge on any atom is 0.322 e. The zero-order valence-electron chi connectivity index (χ0n) is 13.4. The Balaban J connectivity index is 1.44. The Labute approximate surface area is 140 Å². The molecule has 24 heavy (non-hydrogen) atoms.